The summed E-state index contributed by atoms with van der Waals surface area (Å²) in [7, 11) is 1.41. The molecule has 178 valence electrons. The fraction of sp³-hybridized carbons (Fsp3) is 0.296. The molecule has 1 saturated heterocycles. The van der Waals surface area contributed by atoms with E-state index in [9.17, 15) is 4.79 Å². The van der Waals surface area contributed by atoms with E-state index in [-0.39, 0.29) is 12.0 Å². The summed E-state index contributed by atoms with van der Waals surface area (Å²) in [6.45, 7) is 3.83. The number of carbonyl (C=O) groups is 1. The SMILES string of the molecule is COC(=O)c1ccccc1SNCC1CCC(c2ccc(Cl)cc2Cl)N(c2ccc(C)cc2)C1. The summed E-state index contributed by atoms with van der Waals surface area (Å²) in [5.41, 5.74) is 4.11. The third-order valence-corrected chi connectivity index (χ3v) is 7.66. The summed E-state index contributed by atoms with van der Waals surface area (Å²) in [5, 5.41) is 1.36. The highest BCUT2D eigenvalue weighted by Gasteiger charge is 2.31. The molecule has 1 N–H and O–H groups in total. The zero-order valence-corrected chi connectivity index (χ0v) is 21.6. The number of rotatable bonds is 7. The molecule has 2 atom stereocenters. The van der Waals surface area contributed by atoms with E-state index in [0.717, 1.165) is 36.4 Å². The number of hydrogen-bond donors (Lipinski definition) is 1. The molecule has 0 aromatic heterocycles. The maximum atomic E-state index is 12.1. The van der Waals surface area contributed by atoms with Crippen LogP contribution < -0.4 is 9.62 Å². The zero-order chi connectivity index (χ0) is 24.1. The Kier molecular flexibility index (Phi) is 8.43. The molecule has 3 aromatic carbocycles. The van der Waals surface area contributed by atoms with Crippen LogP contribution in [0.3, 0.4) is 0 Å². The number of hydrogen-bond acceptors (Lipinski definition) is 5. The van der Waals surface area contributed by atoms with Crippen molar-refractivity contribution in [1.29, 1.82) is 0 Å². The van der Waals surface area contributed by atoms with Crippen LogP contribution in [-0.2, 0) is 4.74 Å². The van der Waals surface area contributed by atoms with Crippen molar-refractivity contribution in [3.05, 3.63) is 93.5 Å². The van der Waals surface area contributed by atoms with Crippen molar-refractivity contribution in [1.82, 2.24) is 4.72 Å². The lowest BCUT2D eigenvalue weighted by molar-refractivity contribution is 0.0596. The van der Waals surface area contributed by atoms with Gasteiger partial charge in [-0.2, -0.15) is 0 Å². The average Bonchev–Trinajstić information content (AvgIpc) is 2.84. The van der Waals surface area contributed by atoms with Crippen molar-refractivity contribution in [3.63, 3.8) is 0 Å². The maximum absolute atomic E-state index is 12.1. The summed E-state index contributed by atoms with van der Waals surface area (Å²) in [4.78, 5) is 15.4. The predicted octanol–water partition coefficient (Wildman–Crippen LogP) is 7.34. The van der Waals surface area contributed by atoms with E-state index in [0.29, 0.717) is 21.5 Å². The number of halogens is 2. The second kappa shape index (κ2) is 11.5. The number of nitrogens with one attached hydrogen (secondary N) is 1. The molecule has 0 amide bonds. The number of esters is 1. The lowest BCUT2D eigenvalue weighted by atomic mass is 9.88. The second-order valence-electron chi connectivity index (χ2n) is 8.55. The Hall–Kier alpha value is -2.18. The maximum Gasteiger partial charge on any atom is 0.339 e. The second-order valence-corrected chi connectivity index (χ2v) is 10.3. The van der Waals surface area contributed by atoms with Gasteiger partial charge in [-0.1, -0.05) is 59.1 Å². The number of anilines is 1. The molecule has 1 heterocycles. The lowest BCUT2D eigenvalue weighted by Gasteiger charge is -2.42. The minimum Gasteiger partial charge on any atom is -0.465 e. The van der Waals surface area contributed by atoms with Gasteiger partial charge < -0.3 is 9.64 Å². The van der Waals surface area contributed by atoms with Gasteiger partial charge in [-0.15, -0.1) is 0 Å². The van der Waals surface area contributed by atoms with Gasteiger partial charge in [-0.3, -0.25) is 4.72 Å². The minimum absolute atomic E-state index is 0.191. The van der Waals surface area contributed by atoms with Crippen molar-refractivity contribution < 1.29 is 9.53 Å². The molecular weight excluding hydrogens is 487 g/mol. The fourth-order valence-electron chi connectivity index (χ4n) is 4.40. The largest absolute Gasteiger partial charge is 0.465 e. The van der Waals surface area contributed by atoms with Crippen LogP contribution >= 0.6 is 35.1 Å². The Morgan fingerprint density at radius 2 is 1.85 bits per heavy atom. The van der Waals surface area contributed by atoms with Gasteiger partial charge in [-0.25, -0.2) is 4.79 Å². The Labute approximate surface area is 215 Å². The molecule has 34 heavy (non-hydrogen) atoms. The van der Waals surface area contributed by atoms with Crippen molar-refractivity contribution in [2.45, 2.75) is 30.7 Å². The van der Waals surface area contributed by atoms with Gasteiger partial charge >= 0.3 is 5.97 Å². The topological polar surface area (TPSA) is 41.6 Å². The number of carbonyl (C=O) groups excluding carboxylic acids is 1. The van der Waals surface area contributed by atoms with Crippen molar-refractivity contribution in [3.8, 4) is 0 Å². The molecule has 4 rings (SSSR count). The van der Waals surface area contributed by atoms with Crippen LogP contribution in [0.5, 0.6) is 0 Å². The van der Waals surface area contributed by atoms with E-state index < -0.39 is 0 Å². The minimum atomic E-state index is -0.323. The molecule has 0 saturated carbocycles. The van der Waals surface area contributed by atoms with Crippen molar-refractivity contribution in [2.75, 3.05) is 25.1 Å². The molecule has 2 unspecified atom stereocenters. The zero-order valence-electron chi connectivity index (χ0n) is 19.3. The number of nitrogens with zero attached hydrogens (tertiary/aromatic N) is 1. The quantitative estimate of drug-likeness (QED) is 0.263. The van der Waals surface area contributed by atoms with Crippen LogP contribution in [0.15, 0.2) is 71.6 Å². The highest BCUT2D eigenvalue weighted by Crippen LogP contribution is 2.40. The lowest BCUT2D eigenvalue weighted by Crippen LogP contribution is -2.41. The highest BCUT2D eigenvalue weighted by molar-refractivity contribution is 7.97. The van der Waals surface area contributed by atoms with E-state index in [1.807, 2.05) is 30.3 Å². The Morgan fingerprint density at radius 3 is 2.59 bits per heavy atom. The van der Waals surface area contributed by atoms with E-state index in [1.54, 1.807) is 6.07 Å². The fourth-order valence-corrected chi connectivity index (χ4v) is 5.82. The van der Waals surface area contributed by atoms with E-state index in [4.69, 9.17) is 27.9 Å². The standard InChI is InChI=1S/C27H28Cl2N2O2S/c1-18-7-11-21(12-8-18)31-17-19(9-14-25(31)22-13-10-20(28)15-24(22)29)16-30-34-26-6-4-3-5-23(26)27(32)33-2/h3-8,10-13,15,19,25,30H,9,14,16-17H2,1-2H3. The van der Waals surface area contributed by atoms with Crippen LogP contribution in [0.4, 0.5) is 5.69 Å². The number of methoxy groups -OCH3 is 1. The van der Waals surface area contributed by atoms with E-state index >= 15 is 0 Å². The van der Waals surface area contributed by atoms with E-state index in [2.05, 4.69) is 46.9 Å². The van der Waals surface area contributed by atoms with Gasteiger partial charge in [0.1, 0.15) is 0 Å². The molecule has 3 aromatic rings. The predicted molar refractivity (Wildman–Crippen MR) is 142 cm³/mol. The molecular formula is C27H28Cl2N2O2S. The van der Waals surface area contributed by atoms with Crippen LogP contribution in [-0.4, -0.2) is 26.2 Å². The summed E-state index contributed by atoms with van der Waals surface area (Å²) in [5.74, 6) is 0.122. The first-order chi connectivity index (χ1) is 16.5. The molecule has 0 radical (unpaired) electrons. The van der Waals surface area contributed by atoms with Crippen molar-refractivity contribution >= 4 is 46.8 Å². The van der Waals surface area contributed by atoms with Gasteiger partial charge in [0.15, 0.2) is 0 Å². The number of aryl methyl sites for hydroxylation is 1. The first-order valence-electron chi connectivity index (χ1n) is 11.3. The molecule has 0 spiro atoms. The average molecular weight is 516 g/mol. The Bertz CT molecular complexity index is 1140. The van der Waals surface area contributed by atoms with Crippen LogP contribution in [0, 0.1) is 12.8 Å². The molecule has 0 aliphatic carbocycles. The highest BCUT2D eigenvalue weighted by atomic mass is 35.5. The van der Waals surface area contributed by atoms with Gasteiger partial charge in [-0.05, 0) is 79.6 Å². The molecule has 0 bridgehead atoms. The summed E-state index contributed by atoms with van der Waals surface area (Å²) in [6.07, 6.45) is 2.06. The smallest absolute Gasteiger partial charge is 0.339 e. The number of piperidine rings is 1. The van der Waals surface area contributed by atoms with Gasteiger partial charge in [0.25, 0.3) is 0 Å². The van der Waals surface area contributed by atoms with Crippen LogP contribution in [0.1, 0.15) is 40.4 Å². The molecule has 7 heteroatoms. The monoisotopic (exact) mass is 514 g/mol. The summed E-state index contributed by atoms with van der Waals surface area (Å²) < 4.78 is 8.39. The van der Waals surface area contributed by atoms with Gasteiger partial charge in [0.05, 0.1) is 18.7 Å². The first kappa shape index (κ1) is 24.9. The Morgan fingerprint density at radius 1 is 1.09 bits per heavy atom. The Balaban J connectivity index is 1.48. The van der Waals surface area contributed by atoms with Crippen molar-refractivity contribution in [2.24, 2.45) is 5.92 Å². The normalized spacial score (nSPS) is 18.1. The number of benzene rings is 3. The van der Waals surface area contributed by atoms with Gasteiger partial charge in [0, 0.05) is 33.7 Å². The third kappa shape index (κ3) is 5.89. The molecule has 1 fully saturated rings. The van der Waals surface area contributed by atoms with Crippen LogP contribution in [0.25, 0.3) is 0 Å². The molecule has 4 nitrogen and oxygen atoms in total. The van der Waals surface area contributed by atoms with Gasteiger partial charge in [0.2, 0.25) is 0 Å². The van der Waals surface area contributed by atoms with Crippen LogP contribution in [0.2, 0.25) is 10.0 Å². The molecule has 1 aliphatic heterocycles. The summed E-state index contributed by atoms with van der Waals surface area (Å²) >= 11 is 14.3. The summed E-state index contributed by atoms with van der Waals surface area (Å²) in [6, 6.07) is 22.1. The first-order valence-corrected chi connectivity index (χ1v) is 12.9. The van der Waals surface area contributed by atoms with E-state index in [1.165, 1.54) is 30.3 Å². The third-order valence-electron chi connectivity index (χ3n) is 6.21. The molecule has 1 aliphatic rings. The number of ether oxygens (including phenoxy) is 1.